The number of aryl methyl sites for hydroxylation is 2. The van der Waals surface area contributed by atoms with Crippen LogP contribution >= 0.6 is 0 Å². The van der Waals surface area contributed by atoms with Gasteiger partial charge < -0.3 is 15.2 Å². The lowest BCUT2D eigenvalue weighted by molar-refractivity contribution is 0.0963. The lowest BCUT2D eigenvalue weighted by Crippen LogP contribution is -2.18. The molecule has 0 saturated heterocycles. The topological polar surface area (TPSA) is 46.1 Å². The van der Waals surface area contributed by atoms with E-state index in [-0.39, 0.29) is 5.91 Å². The Labute approximate surface area is 119 Å². The highest BCUT2D eigenvalue weighted by Crippen LogP contribution is 2.17. The maximum atomic E-state index is 11.6. The van der Waals surface area contributed by atoms with Crippen LogP contribution in [0.2, 0.25) is 0 Å². The van der Waals surface area contributed by atoms with Crippen LogP contribution in [0.15, 0.2) is 36.5 Å². The molecule has 4 heteroatoms. The van der Waals surface area contributed by atoms with Gasteiger partial charge in [-0.15, -0.1) is 0 Å². The van der Waals surface area contributed by atoms with E-state index in [0.717, 1.165) is 24.3 Å². The molecule has 1 amide bonds. The zero-order valence-electron chi connectivity index (χ0n) is 12.2. The monoisotopic (exact) mass is 271 g/mol. The molecular formula is C16H21N3O. The number of nitrogens with zero attached hydrogens (tertiary/aromatic N) is 1. The van der Waals surface area contributed by atoms with Crippen molar-refractivity contribution >= 4 is 11.6 Å². The third kappa shape index (κ3) is 3.02. The van der Waals surface area contributed by atoms with Gasteiger partial charge in [-0.05, 0) is 49.7 Å². The van der Waals surface area contributed by atoms with Gasteiger partial charge in [0.05, 0.1) is 6.54 Å². The molecule has 106 valence electrons. The van der Waals surface area contributed by atoms with Gasteiger partial charge in [0.15, 0.2) is 0 Å². The average Bonchev–Trinajstić information content (AvgIpc) is 2.92. The molecule has 2 N–H and O–H groups in total. The number of carbonyl (C=O) groups excluding carboxylic acids is 1. The summed E-state index contributed by atoms with van der Waals surface area (Å²) in [5.41, 5.74) is 4.07. The summed E-state index contributed by atoms with van der Waals surface area (Å²) in [6, 6.07) is 9.87. The summed E-state index contributed by atoms with van der Waals surface area (Å²) in [6.07, 6.45) is 2.08. The molecule has 0 radical (unpaired) electrons. The van der Waals surface area contributed by atoms with Crippen molar-refractivity contribution in [3.8, 4) is 0 Å². The quantitative estimate of drug-likeness (QED) is 0.878. The first-order valence-corrected chi connectivity index (χ1v) is 6.86. The predicted octanol–water partition coefficient (Wildman–Crippen LogP) is 2.79. The molecule has 2 aromatic rings. The van der Waals surface area contributed by atoms with Crippen LogP contribution in [0.4, 0.5) is 5.69 Å². The summed E-state index contributed by atoms with van der Waals surface area (Å²) in [6.45, 7) is 5.89. The number of carbonyl (C=O) groups is 1. The second-order valence-corrected chi connectivity index (χ2v) is 4.75. The Hall–Kier alpha value is -2.23. The van der Waals surface area contributed by atoms with Crippen LogP contribution < -0.4 is 10.6 Å². The van der Waals surface area contributed by atoms with Gasteiger partial charge in [-0.3, -0.25) is 4.79 Å². The highest BCUT2D eigenvalue weighted by atomic mass is 16.1. The van der Waals surface area contributed by atoms with Crippen molar-refractivity contribution in [2.75, 3.05) is 12.4 Å². The summed E-state index contributed by atoms with van der Waals surface area (Å²) in [5, 5.41) is 6.06. The SMILES string of the molecule is CCn1cccc1CNc1ccc(C(=O)NC)cc1C. The molecule has 0 bridgehead atoms. The fourth-order valence-corrected chi connectivity index (χ4v) is 2.25. The Bertz CT molecular complexity index is 602. The van der Waals surface area contributed by atoms with E-state index in [1.165, 1.54) is 5.69 Å². The maximum absolute atomic E-state index is 11.6. The number of hydrogen-bond donors (Lipinski definition) is 2. The molecule has 0 fully saturated rings. The molecule has 1 aromatic heterocycles. The minimum absolute atomic E-state index is 0.0560. The van der Waals surface area contributed by atoms with E-state index in [1.807, 2.05) is 25.1 Å². The van der Waals surface area contributed by atoms with Crippen molar-refractivity contribution in [3.05, 3.63) is 53.3 Å². The molecule has 0 aliphatic rings. The van der Waals surface area contributed by atoms with Gasteiger partial charge in [0, 0.05) is 36.7 Å². The molecule has 0 aliphatic carbocycles. The summed E-state index contributed by atoms with van der Waals surface area (Å²) in [4.78, 5) is 11.6. The van der Waals surface area contributed by atoms with E-state index in [4.69, 9.17) is 0 Å². The molecular weight excluding hydrogens is 250 g/mol. The lowest BCUT2D eigenvalue weighted by Gasteiger charge is -2.12. The number of hydrogen-bond acceptors (Lipinski definition) is 2. The molecule has 1 aromatic carbocycles. The van der Waals surface area contributed by atoms with Crippen molar-refractivity contribution in [1.82, 2.24) is 9.88 Å². The van der Waals surface area contributed by atoms with Gasteiger partial charge in [-0.1, -0.05) is 0 Å². The Morgan fingerprint density at radius 3 is 2.75 bits per heavy atom. The number of aromatic nitrogens is 1. The normalized spacial score (nSPS) is 10.3. The van der Waals surface area contributed by atoms with Crippen molar-refractivity contribution in [1.29, 1.82) is 0 Å². The average molecular weight is 271 g/mol. The number of anilines is 1. The highest BCUT2D eigenvalue weighted by molar-refractivity contribution is 5.94. The Kier molecular flexibility index (Phi) is 4.45. The molecule has 2 rings (SSSR count). The fourth-order valence-electron chi connectivity index (χ4n) is 2.25. The van der Waals surface area contributed by atoms with Crippen LogP contribution in [0.3, 0.4) is 0 Å². The smallest absolute Gasteiger partial charge is 0.251 e. The van der Waals surface area contributed by atoms with Gasteiger partial charge in [0.25, 0.3) is 5.91 Å². The summed E-state index contributed by atoms with van der Waals surface area (Å²) in [7, 11) is 1.64. The molecule has 0 atom stereocenters. The molecule has 0 unspecified atom stereocenters. The van der Waals surface area contributed by atoms with Crippen molar-refractivity contribution in [3.63, 3.8) is 0 Å². The summed E-state index contributed by atoms with van der Waals surface area (Å²) < 4.78 is 2.21. The lowest BCUT2D eigenvalue weighted by atomic mass is 10.1. The maximum Gasteiger partial charge on any atom is 0.251 e. The standard InChI is InChI=1S/C16H21N3O/c1-4-19-9-5-6-14(19)11-18-15-8-7-13(10-12(15)2)16(20)17-3/h5-10,18H,4,11H2,1-3H3,(H,17,20). The molecule has 1 heterocycles. The second kappa shape index (κ2) is 6.28. The summed E-state index contributed by atoms with van der Waals surface area (Å²) in [5.74, 6) is -0.0560. The first kappa shape index (κ1) is 14.2. The van der Waals surface area contributed by atoms with Crippen LogP contribution in [0, 0.1) is 6.92 Å². The van der Waals surface area contributed by atoms with E-state index >= 15 is 0 Å². The van der Waals surface area contributed by atoms with Gasteiger partial charge in [0.2, 0.25) is 0 Å². The van der Waals surface area contributed by atoms with E-state index in [1.54, 1.807) is 7.05 Å². The Morgan fingerprint density at radius 1 is 1.30 bits per heavy atom. The van der Waals surface area contributed by atoms with Gasteiger partial charge in [0.1, 0.15) is 0 Å². The van der Waals surface area contributed by atoms with E-state index in [9.17, 15) is 4.79 Å². The highest BCUT2D eigenvalue weighted by Gasteiger charge is 2.06. The minimum atomic E-state index is -0.0560. The number of benzene rings is 1. The molecule has 0 aliphatic heterocycles. The third-order valence-corrected chi connectivity index (χ3v) is 3.44. The van der Waals surface area contributed by atoms with Gasteiger partial charge >= 0.3 is 0 Å². The number of amides is 1. The Balaban J connectivity index is 2.09. The van der Waals surface area contributed by atoms with Crippen LogP contribution in [0.5, 0.6) is 0 Å². The molecule has 0 saturated carbocycles. The van der Waals surface area contributed by atoms with Crippen molar-refractivity contribution < 1.29 is 4.79 Å². The second-order valence-electron chi connectivity index (χ2n) is 4.75. The molecule has 0 spiro atoms. The van der Waals surface area contributed by atoms with E-state index in [0.29, 0.717) is 5.56 Å². The van der Waals surface area contributed by atoms with E-state index < -0.39 is 0 Å². The predicted molar refractivity (Wildman–Crippen MR) is 82.0 cm³/mol. The molecule has 20 heavy (non-hydrogen) atoms. The van der Waals surface area contributed by atoms with E-state index in [2.05, 4.69) is 40.5 Å². The number of nitrogens with one attached hydrogen (secondary N) is 2. The first-order chi connectivity index (χ1) is 9.65. The fraction of sp³-hybridized carbons (Fsp3) is 0.312. The largest absolute Gasteiger partial charge is 0.379 e. The van der Waals surface area contributed by atoms with Crippen LogP contribution in [-0.2, 0) is 13.1 Å². The first-order valence-electron chi connectivity index (χ1n) is 6.86. The zero-order valence-corrected chi connectivity index (χ0v) is 12.2. The third-order valence-electron chi connectivity index (χ3n) is 3.44. The minimum Gasteiger partial charge on any atom is -0.379 e. The van der Waals surface area contributed by atoms with Gasteiger partial charge in [-0.25, -0.2) is 0 Å². The Morgan fingerprint density at radius 2 is 2.10 bits per heavy atom. The van der Waals surface area contributed by atoms with Crippen molar-refractivity contribution in [2.45, 2.75) is 26.9 Å². The summed E-state index contributed by atoms with van der Waals surface area (Å²) >= 11 is 0. The van der Waals surface area contributed by atoms with Gasteiger partial charge in [-0.2, -0.15) is 0 Å². The van der Waals surface area contributed by atoms with Crippen LogP contribution in [0.25, 0.3) is 0 Å². The zero-order chi connectivity index (χ0) is 14.5. The van der Waals surface area contributed by atoms with Crippen molar-refractivity contribution in [2.24, 2.45) is 0 Å². The number of rotatable bonds is 5. The van der Waals surface area contributed by atoms with Crippen LogP contribution in [-0.4, -0.2) is 17.5 Å². The van der Waals surface area contributed by atoms with Crippen LogP contribution in [0.1, 0.15) is 28.5 Å². The molecule has 4 nitrogen and oxygen atoms in total.